The van der Waals surface area contributed by atoms with Gasteiger partial charge in [0, 0.05) is 19.2 Å². The maximum atomic E-state index is 13.1. The first-order valence-electron chi connectivity index (χ1n) is 11.0. The van der Waals surface area contributed by atoms with Crippen LogP contribution in [0, 0.1) is 5.92 Å². The van der Waals surface area contributed by atoms with Crippen LogP contribution in [-0.4, -0.2) is 40.0 Å². The molecule has 7 heteroatoms. The van der Waals surface area contributed by atoms with Crippen molar-refractivity contribution >= 4 is 28.6 Å². The van der Waals surface area contributed by atoms with Gasteiger partial charge in [-0.25, -0.2) is 4.98 Å². The number of thioether (sulfide) groups is 1. The summed E-state index contributed by atoms with van der Waals surface area (Å²) in [5.41, 5.74) is 0.606. The lowest BCUT2D eigenvalue weighted by molar-refractivity contribution is -0.119. The highest BCUT2D eigenvalue weighted by atomic mass is 32.2. The number of para-hydroxylation sites is 1. The SMILES string of the molecule is CC(C)OCCCn1c(SCC(=O)N[C@@H]2CCCC[C@H]2C)nc2ccccc2c1=O. The molecule has 1 heterocycles. The third kappa shape index (κ3) is 6.08. The molecule has 0 aliphatic heterocycles. The molecule has 1 saturated carbocycles. The molecule has 1 N–H and O–H groups in total. The van der Waals surface area contributed by atoms with E-state index in [1.54, 1.807) is 10.6 Å². The number of benzene rings is 1. The zero-order valence-electron chi connectivity index (χ0n) is 18.2. The van der Waals surface area contributed by atoms with Gasteiger partial charge in [-0.05, 0) is 51.2 Å². The van der Waals surface area contributed by atoms with Gasteiger partial charge in [-0.3, -0.25) is 14.2 Å². The monoisotopic (exact) mass is 431 g/mol. The summed E-state index contributed by atoms with van der Waals surface area (Å²) in [5.74, 6) is 0.790. The zero-order chi connectivity index (χ0) is 21.5. The minimum absolute atomic E-state index is 0.0100. The topological polar surface area (TPSA) is 73.2 Å². The summed E-state index contributed by atoms with van der Waals surface area (Å²) in [6, 6.07) is 7.63. The Morgan fingerprint density at radius 1 is 1.30 bits per heavy atom. The summed E-state index contributed by atoms with van der Waals surface area (Å²) in [7, 11) is 0. The van der Waals surface area contributed by atoms with Gasteiger partial charge in [0.1, 0.15) is 0 Å². The maximum Gasteiger partial charge on any atom is 0.262 e. The van der Waals surface area contributed by atoms with Gasteiger partial charge in [-0.2, -0.15) is 0 Å². The molecule has 0 bridgehead atoms. The van der Waals surface area contributed by atoms with Crippen LogP contribution < -0.4 is 10.9 Å². The van der Waals surface area contributed by atoms with Gasteiger partial charge in [0.05, 0.1) is 22.8 Å². The summed E-state index contributed by atoms with van der Waals surface area (Å²) >= 11 is 1.34. The smallest absolute Gasteiger partial charge is 0.262 e. The maximum absolute atomic E-state index is 13.1. The highest BCUT2D eigenvalue weighted by Gasteiger charge is 2.23. The van der Waals surface area contributed by atoms with Crippen molar-refractivity contribution in [2.45, 2.75) is 76.7 Å². The van der Waals surface area contributed by atoms with Crippen LogP contribution in [0.2, 0.25) is 0 Å². The Hall–Kier alpha value is -1.86. The van der Waals surface area contributed by atoms with Crippen LogP contribution in [0.25, 0.3) is 10.9 Å². The summed E-state index contributed by atoms with van der Waals surface area (Å²) < 4.78 is 7.30. The Morgan fingerprint density at radius 2 is 2.07 bits per heavy atom. The predicted molar refractivity (Wildman–Crippen MR) is 122 cm³/mol. The van der Waals surface area contributed by atoms with Gasteiger partial charge in [-0.1, -0.05) is 43.7 Å². The molecule has 0 unspecified atom stereocenters. The lowest BCUT2D eigenvalue weighted by atomic mass is 9.86. The summed E-state index contributed by atoms with van der Waals surface area (Å²) in [6.45, 7) is 7.31. The standard InChI is InChI=1S/C23H33N3O3S/c1-16(2)29-14-8-13-26-22(28)18-10-5-7-12-20(18)25-23(26)30-15-21(27)24-19-11-6-4-9-17(19)3/h5,7,10,12,16-17,19H,4,6,8-9,11,13-15H2,1-3H3,(H,24,27)/t17-,19-/m1/s1. The van der Waals surface area contributed by atoms with Gasteiger partial charge in [-0.15, -0.1) is 0 Å². The fourth-order valence-electron chi connectivity index (χ4n) is 3.91. The van der Waals surface area contributed by atoms with Crippen molar-refractivity contribution in [1.82, 2.24) is 14.9 Å². The highest BCUT2D eigenvalue weighted by molar-refractivity contribution is 7.99. The second-order valence-corrected chi connectivity index (χ2v) is 9.31. The van der Waals surface area contributed by atoms with Crippen molar-refractivity contribution < 1.29 is 9.53 Å². The first-order valence-corrected chi connectivity index (χ1v) is 12.0. The zero-order valence-corrected chi connectivity index (χ0v) is 19.0. The van der Waals surface area contributed by atoms with Gasteiger partial charge >= 0.3 is 0 Å². The molecular formula is C23H33N3O3S. The molecular weight excluding hydrogens is 398 g/mol. The lowest BCUT2D eigenvalue weighted by Crippen LogP contribution is -2.42. The van der Waals surface area contributed by atoms with Crippen LogP contribution in [-0.2, 0) is 16.1 Å². The highest BCUT2D eigenvalue weighted by Crippen LogP contribution is 2.24. The molecule has 1 aliphatic rings. The number of hydrogen-bond donors (Lipinski definition) is 1. The molecule has 6 nitrogen and oxygen atoms in total. The van der Waals surface area contributed by atoms with Gasteiger partial charge < -0.3 is 10.1 Å². The number of nitrogens with zero attached hydrogens (tertiary/aromatic N) is 2. The van der Waals surface area contributed by atoms with Crippen molar-refractivity contribution in [2.75, 3.05) is 12.4 Å². The molecule has 3 rings (SSSR count). The Kier molecular flexibility index (Phi) is 8.33. The molecule has 1 amide bonds. The first kappa shape index (κ1) is 22.8. The number of nitrogens with one attached hydrogen (secondary N) is 1. The molecule has 2 atom stereocenters. The van der Waals surface area contributed by atoms with E-state index in [9.17, 15) is 9.59 Å². The molecule has 0 radical (unpaired) electrons. The molecule has 1 fully saturated rings. The number of carbonyl (C=O) groups is 1. The molecule has 1 aromatic carbocycles. The summed E-state index contributed by atoms with van der Waals surface area (Å²) in [4.78, 5) is 30.3. The minimum Gasteiger partial charge on any atom is -0.379 e. The average molecular weight is 432 g/mol. The normalized spacial score (nSPS) is 19.3. The Bertz CT molecular complexity index is 912. The lowest BCUT2D eigenvalue weighted by Gasteiger charge is -2.29. The molecule has 164 valence electrons. The second kappa shape index (κ2) is 11.0. The largest absolute Gasteiger partial charge is 0.379 e. The van der Waals surface area contributed by atoms with Crippen LogP contribution in [0.1, 0.15) is 52.9 Å². The van der Waals surface area contributed by atoms with E-state index in [0.29, 0.717) is 35.1 Å². The van der Waals surface area contributed by atoms with Gasteiger partial charge in [0.15, 0.2) is 5.16 Å². The number of carbonyl (C=O) groups excluding carboxylic acids is 1. The Balaban J connectivity index is 1.71. The Morgan fingerprint density at radius 3 is 2.83 bits per heavy atom. The van der Waals surface area contributed by atoms with Crippen molar-refractivity contribution in [3.05, 3.63) is 34.6 Å². The van der Waals surface area contributed by atoms with E-state index < -0.39 is 0 Å². The molecule has 2 aromatic rings. The number of ether oxygens (including phenoxy) is 1. The molecule has 1 aliphatic carbocycles. The van der Waals surface area contributed by atoms with Crippen LogP contribution in [0.3, 0.4) is 0 Å². The first-order chi connectivity index (χ1) is 14.5. The quantitative estimate of drug-likeness (QED) is 0.369. The second-order valence-electron chi connectivity index (χ2n) is 8.37. The third-order valence-electron chi connectivity index (χ3n) is 5.59. The number of aromatic nitrogens is 2. The van der Waals surface area contributed by atoms with Crippen LogP contribution in [0.5, 0.6) is 0 Å². The third-order valence-corrected chi connectivity index (χ3v) is 6.57. The number of amides is 1. The number of fused-ring (bicyclic) bond motifs is 1. The van der Waals surface area contributed by atoms with Crippen LogP contribution in [0.4, 0.5) is 0 Å². The number of hydrogen-bond acceptors (Lipinski definition) is 5. The average Bonchev–Trinajstić information content (AvgIpc) is 2.72. The predicted octanol–water partition coefficient (Wildman–Crippen LogP) is 4.00. The van der Waals surface area contributed by atoms with E-state index in [0.717, 1.165) is 12.8 Å². The number of rotatable bonds is 9. The minimum atomic E-state index is -0.0612. The van der Waals surface area contributed by atoms with E-state index in [1.807, 2.05) is 32.0 Å². The van der Waals surface area contributed by atoms with E-state index in [2.05, 4.69) is 17.2 Å². The van der Waals surface area contributed by atoms with E-state index >= 15 is 0 Å². The molecule has 0 saturated heterocycles. The van der Waals surface area contributed by atoms with Crippen molar-refractivity contribution in [2.24, 2.45) is 5.92 Å². The van der Waals surface area contributed by atoms with E-state index in [1.165, 1.54) is 31.0 Å². The molecule has 1 aromatic heterocycles. The van der Waals surface area contributed by atoms with Crippen molar-refractivity contribution in [3.63, 3.8) is 0 Å². The summed E-state index contributed by atoms with van der Waals surface area (Å²) in [6.07, 6.45) is 5.52. The van der Waals surface area contributed by atoms with Gasteiger partial charge in [0.25, 0.3) is 5.56 Å². The molecule has 30 heavy (non-hydrogen) atoms. The summed E-state index contributed by atoms with van der Waals surface area (Å²) in [5, 5.41) is 4.38. The van der Waals surface area contributed by atoms with Crippen LogP contribution in [0.15, 0.2) is 34.2 Å². The van der Waals surface area contributed by atoms with Gasteiger partial charge in [0.2, 0.25) is 5.91 Å². The fraction of sp³-hybridized carbons (Fsp3) is 0.609. The fourth-order valence-corrected chi connectivity index (χ4v) is 4.74. The molecule has 0 spiro atoms. The van der Waals surface area contributed by atoms with E-state index in [-0.39, 0.29) is 29.4 Å². The van der Waals surface area contributed by atoms with Crippen LogP contribution >= 0.6 is 11.8 Å². The van der Waals surface area contributed by atoms with Crippen molar-refractivity contribution in [1.29, 1.82) is 0 Å². The van der Waals surface area contributed by atoms with E-state index in [4.69, 9.17) is 4.74 Å². The van der Waals surface area contributed by atoms with Crippen molar-refractivity contribution in [3.8, 4) is 0 Å². The Labute approximate surface area is 182 Å².